The van der Waals surface area contributed by atoms with Crippen LogP contribution in [0.15, 0.2) is 45.1 Å². The number of carbonyl (C=O) groups is 1. The Hall–Kier alpha value is -2.70. The Bertz CT molecular complexity index is 1280. The number of amides is 1. The maximum absolute atomic E-state index is 12.8. The number of carbonyl (C=O) groups excluding carboxylic acids is 1. The summed E-state index contributed by atoms with van der Waals surface area (Å²) in [7, 11) is -2.31. The maximum atomic E-state index is 12.8. The van der Waals surface area contributed by atoms with Gasteiger partial charge in [-0.25, -0.2) is 13.1 Å². The molecule has 0 bridgehead atoms. The van der Waals surface area contributed by atoms with Gasteiger partial charge in [0.25, 0.3) is 5.91 Å². The van der Waals surface area contributed by atoms with Crippen LogP contribution < -0.4 is 10.0 Å². The van der Waals surface area contributed by atoms with Crippen LogP contribution in [-0.4, -0.2) is 32.6 Å². The molecular formula is C20H18F3N3O4S2. The van der Waals surface area contributed by atoms with Gasteiger partial charge in [-0.3, -0.25) is 4.79 Å². The molecule has 1 aromatic carbocycles. The summed E-state index contributed by atoms with van der Waals surface area (Å²) in [6.07, 6.45) is -4.06. The maximum Gasteiger partial charge on any atom is 0.452 e. The molecule has 0 unspecified atom stereocenters. The van der Waals surface area contributed by atoms with E-state index in [1.807, 2.05) is 13.0 Å². The molecule has 2 aromatic heterocycles. The van der Waals surface area contributed by atoms with Crippen molar-refractivity contribution in [2.24, 2.45) is 0 Å². The Balaban J connectivity index is 1.46. The molecule has 2 atom stereocenters. The SMILES string of the molecule is CNC(=O)c1ccc([C@@H]2C[C@H]2NS(=O)(=O)c2ccc(-c3cc(C(F)(F)F)on3)s2)c(C)c1. The number of sulfonamides is 1. The lowest BCUT2D eigenvalue weighted by molar-refractivity contribution is -0.155. The molecule has 0 radical (unpaired) electrons. The van der Waals surface area contributed by atoms with E-state index in [0.717, 1.165) is 28.5 Å². The van der Waals surface area contributed by atoms with Gasteiger partial charge < -0.3 is 9.84 Å². The molecule has 2 heterocycles. The van der Waals surface area contributed by atoms with Gasteiger partial charge in [-0.1, -0.05) is 11.2 Å². The van der Waals surface area contributed by atoms with Gasteiger partial charge in [0.05, 0.1) is 4.88 Å². The number of benzene rings is 1. The van der Waals surface area contributed by atoms with Crippen molar-refractivity contribution in [1.82, 2.24) is 15.2 Å². The van der Waals surface area contributed by atoms with Crippen LogP contribution in [0.3, 0.4) is 0 Å². The first-order chi connectivity index (χ1) is 15.0. The molecule has 1 saturated carbocycles. The molecule has 7 nitrogen and oxygen atoms in total. The zero-order valence-corrected chi connectivity index (χ0v) is 18.5. The van der Waals surface area contributed by atoms with Gasteiger partial charge in [-0.05, 0) is 48.7 Å². The number of nitrogens with one attached hydrogen (secondary N) is 2. The summed E-state index contributed by atoms with van der Waals surface area (Å²) in [5, 5.41) is 5.94. The van der Waals surface area contributed by atoms with E-state index in [0.29, 0.717) is 12.0 Å². The average Bonchev–Trinajstić information content (AvgIpc) is 3.14. The molecule has 2 N–H and O–H groups in total. The highest BCUT2D eigenvalue weighted by Crippen LogP contribution is 2.43. The summed E-state index contributed by atoms with van der Waals surface area (Å²) in [6.45, 7) is 1.87. The lowest BCUT2D eigenvalue weighted by Gasteiger charge is -2.09. The van der Waals surface area contributed by atoms with Crippen molar-refractivity contribution in [2.45, 2.75) is 35.7 Å². The van der Waals surface area contributed by atoms with Gasteiger partial charge in [0.1, 0.15) is 9.90 Å². The van der Waals surface area contributed by atoms with Crippen LogP contribution in [0.2, 0.25) is 0 Å². The third kappa shape index (κ3) is 4.43. The smallest absolute Gasteiger partial charge is 0.355 e. The van der Waals surface area contributed by atoms with Crippen molar-refractivity contribution >= 4 is 27.3 Å². The summed E-state index contributed by atoms with van der Waals surface area (Å²) >= 11 is 0.810. The predicted molar refractivity (Wildman–Crippen MR) is 111 cm³/mol. The zero-order valence-electron chi connectivity index (χ0n) is 16.9. The van der Waals surface area contributed by atoms with Gasteiger partial charge in [-0.2, -0.15) is 13.2 Å². The lowest BCUT2D eigenvalue weighted by Crippen LogP contribution is -2.26. The second-order valence-corrected chi connectivity index (χ2v) is 10.4. The molecule has 4 rings (SSSR count). The number of alkyl halides is 3. The number of thiophene rings is 1. The summed E-state index contributed by atoms with van der Waals surface area (Å²) in [4.78, 5) is 12.0. The number of aryl methyl sites for hydroxylation is 1. The highest BCUT2D eigenvalue weighted by Gasteiger charge is 2.42. The first kappa shape index (κ1) is 22.5. The van der Waals surface area contributed by atoms with Crippen molar-refractivity contribution in [3.8, 4) is 10.6 Å². The molecule has 1 fully saturated rings. The van der Waals surface area contributed by atoms with E-state index in [-0.39, 0.29) is 32.6 Å². The third-order valence-electron chi connectivity index (χ3n) is 5.14. The number of hydrogen-bond acceptors (Lipinski definition) is 6. The molecule has 1 aliphatic carbocycles. The molecule has 1 aliphatic rings. The minimum Gasteiger partial charge on any atom is -0.355 e. The molecular weight excluding hydrogens is 467 g/mol. The Labute approximate surface area is 185 Å². The summed E-state index contributed by atoms with van der Waals surface area (Å²) in [5.41, 5.74) is 2.29. The van der Waals surface area contributed by atoms with Crippen molar-refractivity contribution in [3.05, 3.63) is 58.8 Å². The van der Waals surface area contributed by atoms with Crippen LogP contribution in [0, 0.1) is 6.92 Å². The van der Waals surface area contributed by atoms with Gasteiger partial charge in [-0.15, -0.1) is 11.3 Å². The fraction of sp³-hybridized carbons (Fsp3) is 0.300. The molecule has 32 heavy (non-hydrogen) atoms. The second-order valence-electron chi connectivity index (χ2n) is 7.41. The minimum atomic E-state index is -4.67. The molecule has 1 amide bonds. The number of hydrogen-bond donors (Lipinski definition) is 2. The van der Waals surface area contributed by atoms with Gasteiger partial charge in [0.15, 0.2) is 0 Å². The highest BCUT2D eigenvalue weighted by molar-refractivity contribution is 7.91. The van der Waals surface area contributed by atoms with Crippen LogP contribution in [0.25, 0.3) is 10.6 Å². The Morgan fingerprint density at radius 3 is 2.59 bits per heavy atom. The molecule has 3 aromatic rings. The number of rotatable bonds is 6. The van der Waals surface area contributed by atoms with E-state index < -0.39 is 22.0 Å². The molecule has 12 heteroatoms. The standard InChI is InChI=1S/C20H18F3N3O4S2/c1-10-7-11(19(27)24-2)3-4-12(10)13-8-14(13)26-32(28,29)18-6-5-16(31-18)15-9-17(30-25-15)20(21,22)23/h3-7,9,13-14,26H,8H2,1-2H3,(H,24,27)/t13-,14+/m0/s1. The summed E-state index contributed by atoms with van der Waals surface area (Å²) in [5.74, 6) is -1.47. The minimum absolute atomic E-state index is 0.0205. The van der Waals surface area contributed by atoms with Crippen molar-refractivity contribution in [3.63, 3.8) is 0 Å². The lowest BCUT2D eigenvalue weighted by atomic mass is 10.0. The Morgan fingerprint density at radius 1 is 1.22 bits per heavy atom. The van der Waals surface area contributed by atoms with Gasteiger partial charge >= 0.3 is 6.18 Å². The van der Waals surface area contributed by atoms with Crippen LogP contribution in [-0.2, 0) is 16.2 Å². The second kappa shape index (κ2) is 8.01. The first-order valence-corrected chi connectivity index (χ1v) is 11.8. The fourth-order valence-corrected chi connectivity index (χ4v) is 6.00. The van der Waals surface area contributed by atoms with Crippen molar-refractivity contribution < 1.29 is 30.9 Å². The van der Waals surface area contributed by atoms with Crippen molar-refractivity contribution in [2.75, 3.05) is 7.05 Å². The fourth-order valence-electron chi connectivity index (χ4n) is 3.43. The van der Waals surface area contributed by atoms with E-state index in [9.17, 15) is 26.4 Å². The van der Waals surface area contributed by atoms with Crippen LogP contribution >= 0.6 is 11.3 Å². The third-order valence-corrected chi connectivity index (χ3v) is 8.23. The van der Waals surface area contributed by atoms with Gasteiger partial charge in [0, 0.05) is 30.6 Å². The molecule has 0 saturated heterocycles. The largest absolute Gasteiger partial charge is 0.452 e. The Morgan fingerprint density at radius 2 is 1.97 bits per heavy atom. The van der Waals surface area contributed by atoms with Gasteiger partial charge in [0.2, 0.25) is 15.8 Å². The Kier molecular flexibility index (Phi) is 5.63. The first-order valence-electron chi connectivity index (χ1n) is 9.48. The monoisotopic (exact) mass is 485 g/mol. The highest BCUT2D eigenvalue weighted by atomic mass is 32.2. The van der Waals surface area contributed by atoms with E-state index in [1.54, 1.807) is 19.2 Å². The summed E-state index contributed by atoms with van der Waals surface area (Å²) < 4.78 is 70.5. The van der Waals surface area contributed by atoms with Crippen molar-refractivity contribution in [1.29, 1.82) is 0 Å². The average molecular weight is 486 g/mol. The number of aromatic nitrogens is 1. The van der Waals surface area contributed by atoms with Crippen LogP contribution in [0.5, 0.6) is 0 Å². The number of nitrogens with zero attached hydrogens (tertiary/aromatic N) is 1. The zero-order chi connectivity index (χ0) is 23.3. The van der Waals surface area contributed by atoms with E-state index in [2.05, 4.69) is 19.7 Å². The predicted octanol–water partition coefficient (Wildman–Crippen LogP) is 3.92. The molecule has 0 spiro atoms. The van der Waals surface area contributed by atoms with Crippen LogP contribution in [0.4, 0.5) is 13.2 Å². The normalized spacial score (nSPS) is 18.5. The quantitative estimate of drug-likeness (QED) is 0.551. The van der Waals surface area contributed by atoms with E-state index >= 15 is 0 Å². The molecule has 170 valence electrons. The van der Waals surface area contributed by atoms with Crippen LogP contribution in [0.1, 0.15) is 39.6 Å². The number of halogens is 3. The van der Waals surface area contributed by atoms with E-state index in [1.165, 1.54) is 12.1 Å². The van der Waals surface area contributed by atoms with E-state index in [4.69, 9.17) is 0 Å². The topological polar surface area (TPSA) is 101 Å². The molecule has 0 aliphatic heterocycles. The summed E-state index contributed by atoms with van der Waals surface area (Å²) in [6, 6.07) is 8.43.